The lowest BCUT2D eigenvalue weighted by Crippen LogP contribution is -2.38. The van der Waals surface area contributed by atoms with E-state index in [1.54, 1.807) is 24.5 Å². The van der Waals surface area contributed by atoms with Gasteiger partial charge in [0.15, 0.2) is 0 Å². The van der Waals surface area contributed by atoms with E-state index < -0.39 is 0 Å². The maximum Gasteiger partial charge on any atom is 0.147 e. The molecule has 5 nitrogen and oxygen atoms in total. The second kappa shape index (κ2) is 8.53. The number of halogens is 1. The van der Waals surface area contributed by atoms with Crippen molar-refractivity contribution in [2.45, 2.75) is 6.54 Å². The highest BCUT2D eigenvalue weighted by molar-refractivity contribution is 5.88. The maximum atomic E-state index is 13.5. The van der Waals surface area contributed by atoms with Crippen LogP contribution in [0.25, 0.3) is 28.5 Å². The van der Waals surface area contributed by atoms with Gasteiger partial charge in [-0.1, -0.05) is 42.5 Å². The molecule has 1 N–H and O–H groups in total. The van der Waals surface area contributed by atoms with Crippen LogP contribution in [-0.4, -0.2) is 32.9 Å². The molecule has 4 aromatic rings. The zero-order valence-electron chi connectivity index (χ0n) is 16.9. The third-order valence-corrected chi connectivity index (χ3v) is 5.32. The fraction of sp³-hybridized carbons (Fsp3) is 0.120. The van der Waals surface area contributed by atoms with E-state index in [1.165, 1.54) is 17.7 Å². The van der Waals surface area contributed by atoms with Crippen molar-refractivity contribution in [2.24, 2.45) is 0 Å². The molecular formula is C25H22FN5. The first-order chi connectivity index (χ1) is 15.3. The summed E-state index contributed by atoms with van der Waals surface area (Å²) in [4.78, 5) is 4.15. The van der Waals surface area contributed by atoms with Crippen LogP contribution < -0.4 is 5.43 Å². The Morgan fingerprint density at radius 1 is 0.903 bits per heavy atom. The lowest BCUT2D eigenvalue weighted by molar-refractivity contribution is 0.308. The molecule has 0 spiro atoms. The number of nitrogens with one attached hydrogen (secondary N) is 1. The monoisotopic (exact) mass is 411 g/mol. The molecule has 0 amide bonds. The largest absolute Gasteiger partial charge is 0.302 e. The van der Waals surface area contributed by atoms with Crippen molar-refractivity contribution in [3.63, 3.8) is 0 Å². The van der Waals surface area contributed by atoms with Crippen molar-refractivity contribution >= 4 is 11.9 Å². The summed E-state index contributed by atoms with van der Waals surface area (Å²) in [5, 5.41) is 7.03. The number of pyridine rings is 1. The number of anilines is 1. The van der Waals surface area contributed by atoms with Crippen LogP contribution in [0.1, 0.15) is 5.56 Å². The van der Waals surface area contributed by atoms with Crippen LogP contribution in [0, 0.1) is 5.82 Å². The second-order valence-corrected chi connectivity index (χ2v) is 7.41. The number of nitrogens with zero attached hydrogens (tertiary/aromatic N) is 4. The van der Waals surface area contributed by atoms with E-state index in [0.717, 1.165) is 47.8 Å². The van der Waals surface area contributed by atoms with Gasteiger partial charge in [-0.15, -0.1) is 0 Å². The molecule has 1 aliphatic heterocycles. The summed E-state index contributed by atoms with van der Waals surface area (Å²) in [5.74, 6) is 0.678. The third kappa shape index (κ3) is 4.11. The number of hydrazine groups is 1. The number of fused-ring (bicyclic) bond motifs is 1. The van der Waals surface area contributed by atoms with Gasteiger partial charge in [-0.2, -0.15) is 5.10 Å². The summed E-state index contributed by atoms with van der Waals surface area (Å²) in [6.07, 6.45) is 7.83. The minimum absolute atomic E-state index is 0.257. The van der Waals surface area contributed by atoms with Crippen molar-refractivity contribution in [1.82, 2.24) is 19.8 Å². The van der Waals surface area contributed by atoms with Crippen molar-refractivity contribution in [3.05, 3.63) is 96.6 Å². The molecule has 6 heteroatoms. The summed E-state index contributed by atoms with van der Waals surface area (Å²) in [5.41, 5.74) is 8.44. The average molecular weight is 411 g/mol. The third-order valence-electron chi connectivity index (χ3n) is 5.32. The summed E-state index contributed by atoms with van der Waals surface area (Å²) in [6.45, 7) is 2.36. The minimum atomic E-state index is -0.257. The Balaban J connectivity index is 1.47. The molecule has 0 saturated carbocycles. The molecule has 31 heavy (non-hydrogen) atoms. The van der Waals surface area contributed by atoms with E-state index >= 15 is 0 Å². The van der Waals surface area contributed by atoms with Crippen LogP contribution in [0.3, 0.4) is 0 Å². The Morgan fingerprint density at radius 3 is 2.45 bits per heavy atom. The van der Waals surface area contributed by atoms with Gasteiger partial charge in [0.25, 0.3) is 0 Å². The first-order valence-corrected chi connectivity index (χ1v) is 10.3. The smallest absolute Gasteiger partial charge is 0.147 e. The van der Waals surface area contributed by atoms with E-state index in [4.69, 9.17) is 5.10 Å². The predicted octanol–water partition coefficient (Wildman–Crippen LogP) is 5.11. The van der Waals surface area contributed by atoms with Gasteiger partial charge in [0.05, 0.1) is 12.1 Å². The molecule has 0 fully saturated rings. The number of rotatable bonds is 5. The van der Waals surface area contributed by atoms with Crippen molar-refractivity contribution in [3.8, 4) is 22.4 Å². The van der Waals surface area contributed by atoms with Gasteiger partial charge in [-0.25, -0.2) is 14.1 Å². The standard InChI is InChI=1S/C25H22FN5/c26-22-10-8-21(9-11-22)24-23(20-12-14-27-15-13-20)25-29-30(17-18-31(25)28-24)16-4-7-19-5-2-1-3-6-19/h1-15,29H,16-18H2. The molecule has 3 heterocycles. The molecule has 0 unspecified atom stereocenters. The van der Waals surface area contributed by atoms with Gasteiger partial charge in [0.1, 0.15) is 17.3 Å². The van der Waals surface area contributed by atoms with E-state index in [2.05, 4.69) is 39.7 Å². The molecule has 0 atom stereocenters. The lowest BCUT2D eigenvalue weighted by Gasteiger charge is -2.29. The van der Waals surface area contributed by atoms with Gasteiger partial charge in [0, 0.05) is 31.0 Å². The first kappa shape index (κ1) is 19.2. The number of hydrogen-bond donors (Lipinski definition) is 1. The molecule has 0 radical (unpaired) electrons. The molecule has 0 saturated heterocycles. The highest BCUT2D eigenvalue weighted by Crippen LogP contribution is 2.38. The SMILES string of the molecule is Fc1ccc(-c2nn3c(c2-c2ccncc2)NN(CC=Cc2ccccc2)CC3)cc1. The van der Waals surface area contributed by atoms with Crippen LogP contribution in [0.4, 0.5) is 10.2 Å². The average Bonchev–Trinajstić information content (AvgIpc) is 3.20. The van der Waals surface area contributed by atoms with Gasteiger partial charge in [-0.3, -0.25) is 4.98 Å². The normalized spacial score (nSPS) is 13.8. The van der Waals surface area contributed by atoms with Crippen LogP contribution >= 0.6 is 0 Å². The van der Waals surface area contributed by atoms with E-state index in [0.29, 0.717) is 0 Å². The van der Waals surface area contributed by atoms with Crippen LogP contribution in [0.5, 0.6) is 0 Å². The molecule has 0 bridgehead atoms. The summed E-state index contributed by atoms with van der Waals surface area (Å²) >= 11 is 0. The molecule has 2 aromatic heterocycles. The topological polar surface area (TPSA) is 46.0 Å². The maximum absolute atomic E-state index is 13.5. The van der Waals surface area contributed by atoms with Crippen LogP contribution in [0.15, 0.2) is 85.2 Å². The zero-order valence-corrected chi connectivity index (χ0v) is 16.9. The second-order valence-electron chi connectivity index (χ2n) is 7.41. The zero-order chi connectivity index (χ0) is 21.0. The van der Waals surface area contributed by atoms with Gasteiger partial charge >= 0.3 is 0 Å². The Bertz CT molecular complexity index is 1180. The van der Waals surface area contributed by atoms with Crippen molar-refractivity contribution in [1.29, 1.82) is 0 Å². The van der Waals surface area contributed by atoms with Gasteiger partial charge in [0.2, 0.25) is 0 Å². The van der Waals surface area contributed by atoms with Crippen LogP contribution in [0.2, 0.25) is 0 Å². The summed E-state index contributed by atoms with van der Waals surface area (Å²) < 4.78 is 15.5. The lowest BCUT2D eigenvalue weighted by atomic mass is 10.0. The molecule has 5 rings (SSSR count). The molecular weight excluding hydrogens is 389 g/mol. The molecule has 0 aliphatic carbocycles. The molecule has 1 aliphatic rings. The Hall–Kier alpha value is -3.77. The van der Waals surface area contributed by atoms with E-state index in [9.17, 15) is 4.39 Å². The number of hydrogen-bond acceptors (Lipinski definition) is 4. The van der Waals surface area contributed by atoms with Gasteiger partial charge in [-0.05, 0) is 47.5 Å². The van der Waals surface area contributed by atoms with E-state index in [-0.39, 0.29) is 5.82 Å². The fourth-order valence-electron chi connectivity index (χ4n) is 3.78. The number of aromatic nitrogens is 3. The Kier molecular flexibility index (Phi) is 5.29. The molecule has 154 valence electrons. The highest BCUT2D eigenvalue weighted by atomic mass is 19.1. The van der Waals surface area contributed by atoms with E-state index in [1.807, 2.05) is 35.0 Å². The molecule has 2 aromatic carbocycles. The number of benzene rings is 2. The minimum Gasteiger partial charge on any atom is -0.302 e. The Labute approximate surface area is 180 Å². The van der Waals surface area contributed by atoms with Crippen molar-refractivity contribution < 1.29 is 4.39 Å². The Morgan fingerprint density at radius 2 is 1.68 bits per heavy atom. The quantitative estimate of drug-likeness (QED) is 0.496. The highest BCUT2D eigenvalue weighted by Gasteiger charge is 2.25. The van der Waals surface area contributed by atoms with Crippen molar-refractivity contribution in [2.75, 3.05) is 18.5 Å². The summed E-state index contributed by atoms with van der Waals surface area (Å²) in [7, 11) is 0. The predicted molar refractivity (Wildman–Crippen MR) is 122 cm³/mol. The van der Waals surface area contributed by atoms with Crippen LogP contribution in [-0.2, 0) is 6.54 Å². The van der Waals surface area contributed by atoms with Gasteiger partial charge < -0.3 is 5.43 Å². The fourth-order valence-corrected chi connectivity index (χ4v) is 3.78. The first-order valence-electron chi connectivity index (χ1n) is 10.3. The summed E-state index contributed by atoms with van der Waals surface area (Å²) in [6, 6.07) is 20.7.